The Kier molecular flexibility index (Phi) is 3.92. The molecule has 0 atom stereocenters. The molecule has 2 saturated heterocycles. The molecular formula is C14H20N2O4S. The summed E-state index contributed by atoms with van der Waals surface area (Å²) in [7, 11) is -1.88. The molecule has 0 bridgehead atoms. The predicted molar refractivity (Wildman–Crippen MR) is 77.7 cm³/mol. The van der Waals surface area contributed by atoms with Crippen molar-refractivity contribution in [1.29, 1.82) is 0 Å². The van der Waals surface area contributed by atoms with Gasteiger partial charge in [-0.3, -0.25) is 5.32 Å². The number of hydrogen-bond acceptors (Lipinski definition) is 5. The largest absolute Gasteiger partial charge is 0.497 e. The molecule has 0 radical (unpaired) electrons. The molecule has 0 aromatic heterocycles. The van der Waals surface area contributed by atoms with E-state index in [-0.39, 0.29) is 5.72 Å². The molecule has 2 fully saturated rings. The van der Waals surface area contributed by atoms with Gasteiger partial charge in [0.15, 0.2) is 0 Å². The maximum absolute atomic E-state index is 12.6. The van der Waals surface area contributed by atoms with Gasteiger partial charge in [-0.1, -0.05) is 0 Å². The van der Waals surface area contributed by atoms with E-state index in [9.17, 15) is 8.42 Å². The van der Waals surface area contributed by atoms with Crippen molar-refractivity contribution in [3.05, 3.63) is 24.3 Å². The molecule has 1 aromatic carbocycles. The minimum atomic E-state index is -3.44. The second-order valence-corrected chi connectivity index (χ2v) is 7.29. The Hall–Kier alpha value is -1.15. The Morgan fingerprint density at radius 1 is 1.24 bits per heavy atom. The quantitative estimate of drug-likeness (QED) is 0.894. The van der Waals surface area contributed by atoms with Crippen molar-refractivity contribution in [2.75, 3.05) is 33.4 Å². The lowest BCUT2D eigenvalue weighted by Crippen LogP contribution is -2.52. The average molecular weight is 312 g/mol. The van der Waals surface area contributed by atoms with Crippen LogP contribution in [-0.4, -0.2) is 51.8 Å². The molecule has 1 aromatic rings. The smallest absolute Gasteiger partial charge is 0.243 e. The van der Waals surface area contributed by atoms with Crippen molar-refractivity contribution in [3.8, 4) is 5.75 Å². The van der Waals surface area contributed by atoms with Crippen LogP contribution in [-0.2, 0) is 14.8 Å². The molecule has 6 nitrogen and oxygen atoms in total. The highest BCUT2D eigenvalue weighted by Crippen LogP contribution is 2.30. The standard InChI is InChI=1S/C14H20N2O4S/c1-19-12-2-4-13(5-3-12)21(17,18)16-9-6-14(7-10-16)15-8-11-20-14/h2-5,15H,6-11H2,1H3. The highest BCUT2D eigenvalue weighted by molar-refractivity contribution is 7.89. The van der Waals surface area contributed by atoms with Crippen molar-refractivity contribution in [3.63, 3.8) is 0 Å². The molecule has 1 N–H and O–H groups in total. The van der Waals surface area contributed by atoms with Gasteiger partial charge in [0.05, 0.1) is 18.6 Å². The van der Waals surface area contributed by atoms with Crippen LogP contribution in [0.25, 0.3) is 0 Å². The second-order valence-electron chi connectivity index (χ2n) is 5.35. The summed E-state index contributed by atoms with van der Waals surface area (Å²) in [4.78, 5) is 0.305. The third-order valence-electron chi connectivity index (χ3n) is 4.15. The van der Waals surface area contributed by atoms with Crippen molar-refractivity contribution < 1.29 is 17.9 Å². The van der Waals surface area contributed by atoms with Crippen LogP contribution >= 0.6 is 0 Å². The minimum Gasteiger partial charge on any atom is -0.497 e. The van der Waals surface area contributed by atoms with E-state index >= 15 is 0 Å². The lowest BCUT2D eigenvalue weighted by molar-refractivity contribution is -0.0445. The van der Waals surface area contributed by atoms with Crippen LogP contribution in [0.15, 0.2) is 29.2 Å². The van der Waals surface area contributed by atoms with E-state index in [1.807, 2.05) is 0 Å². The third-order valence-corrected chi connectivity index (χ3v) is 6.07. The van der Waals surface area contributed by atoms with Gasteiger partial charge in [0.2, 0.25) is 10.0 Å². The van der Waals surface area contributed by atoms with E-state index in [2.05, 4.69) is 5.32 Å². The molecule has 0 amide bonds. The van der Waals surface area contributed by atoms with E-state index in [1.165, 1.54) is 4.31 Å². The number of rotatable bonds is 3. The van der Waals surface area contributed by atoms with Gasteiger partial charge in [0, 0.05) is 32.5 Å². The predicted octanol–water partition coefficient (Wildman–Crippen LogP) is 0.796. The Morgan fingerprint density at radius 3 is 2.43 bits per heavy atom. The van der Waals surface area contributed by atoms with Crippen LogP contribution in [0.4, 0.5) is 0 Å². The fourth-order valence-electron chi connectivity index (χ4n) is 2.88. The Bertz CT molecular complexity index is 584. The fraction of sp³-hybridized carbons (Fsp3) is 0.571. The summed E-state index contributed by atoms with van der Waals surface area (Å²) < 4.78 is 37.5. The molecule has 0 saturated carbocycles. The zero-order chi connectivity index (χ0) is 14.9. The molecule has 1 spiro atoms. The Labute approximate surface area is 125 Å². The first kappa shape index (κ1) is 14.8. The summed E-state index contributed by atoms with van der Waals surface area (Å²) in [6.07, 6.45) is 1.37. The SMILES string of the molecule is COc1ccc(S(=O)(=O)N2CCC3(CC2)NCCO3)cc1. The molecule has 2 heterocycles. The molecule has 7 heteroatoms. The van der Waals surface area contributed by atoms with Crippen molar-refractivity contribution in [1.82, 2.24) is 9.62 Å². The van der Waals surface area contributed by atoms with Crippen molar-refractivity contribution >= 4 is 10.0 Å². The van der Waals surface area contributed by atoms with E-state index in [1.54, 1.807) is 31.4 Å². The lowest BCUT2D eigenvalue weighted by atomic mass is 10.0. The highest BCUT2D eigenvalue weighted by atomic mass is 32.2. The summed E-state index contributed by atoms with van der Waals surface area (Å²) in [6, 6.07) is 6.51. The number of nitrogens with one attached hydrogen (secondary N) is 1. The topological polar surface area (TPSA) is 67.9 Å². The van der Waals surface area contributed by atoms with Crippen molar-refractivity contribution in [2.45, 2.75) is 23.5 Å². The normalized spacial score (nSPS) is 22.5. The van der Waals surface area contributed by atoms with Gasteiger partial charge in [-0.15, -0.1) is 0 Å². The first-order valence-electron chi connectivity index (χ1n) is 7.09. The molecule has 2 aliphatic rings. The summed E-state index contributed by atoms with van der Waals surface area (Å²) in [5.41, 5.74) is -0.314. The van der Waals surface area contributed by atoms with E-state index in [0.29, 0.717) is 43.2 Å². The first-order chi connectivity index (χ1) is 10.1. The number of ether oxygens (including phenoxy) is 2. The van der Waals surface area contributed by atoms with E-state index in [0.717, 1.165) is 6.54 Å². The summed E-state index contributed by atoms with van der Waals surface area (Å²) in [6.45, 7) is 2.49. The van der Waals surface area contributed by atoms with Crippen LogP contribution in [0.3, 0.4) is 0 Å². The zero-order valence-corrected chi connectivity index (χ0v) is 12.9. The van der Waals surface area contributed by atoms with Crippen LogP contribution in [0.5, 0.6) is 5.75 Å². The molecular weight excluding hydrogens is 292 g/mol. The maximum atomic E-state index is 12.6. The van der Waals surface area contributed by atoms with Gasteiger partial charge in [-0.2, -0.15) is 4.31 Å². The Morgan fingerprint density at radius 2 is 1.90 bits per heavy atom. The van der Waals surface area contributed by atoms with Gasteiger partial charge in [-0.05, 0) is 24.3 Å². The number of nitrogens with zero attached hydrogens (tertiary/aromatic N) is 1. The summed E-state index contributed by atoms with van der Waals surface area (Å²) >= 11 is 0. The molecule has 0 aliphatic carbocycles. The molecule has 2 aliphatic heterocycles. The van der Waals surface area contributed by atoms with Crippen LogP contribution in [0, 0.1) is 0 Å². The molecule has 0 unspecified atom stereocenters. The fourth-order valence-corrected chi connectivity index (χ4v) is 4.32. The lowest BCUT2D eigenvalue weighted by Gasteiger charge is -2.37. The van der Waals surface area contributed by atoms with Gasteiger partial charge in [0.25, 0.3) is 0 Å². The molecule has 21 heavy (non-hydrogen) atoms. The monoisotopic (exact) mass is 312 g/mol. The second kappa shape index (κ2) is 5.57. The molecule has 3 rings (SSSR count). The van der Waals surface area contributed by atoms with E-state index < -0.39 is 10.0 Å². The minimum absolute atomic E-state index is 0.305. The number of methoxy groups -OCH3 is 1. The number of benzene rings is 1. The van der Waals surface area contributed by atoms with Crippen LogP contribution in [0.2, 0.25) is 0 Å². The summed E-state index contributed by atoms with van der Waals surface area (Å²) in [5.74, 6) is 0.648. The van der Waals surface area contributed by atoms with Crippen LogP contribution in [0.1, 0.15) is 12.8 Å². The first-order valence-corrected chi connectivity index (χ1v) is 8.53. The maximum Gasteiger partial charge on any atom is 0.243 e. The average Bonchev–Trinajstić information content (AvgIpc) is 2.96. The van der Waals surface area contributed by atoms with Gasteiger partial charge in [-0.25, -0.2) is 8.42 Å². The molecule has 116 valence electrons. The van der Waals surface area contributed by atoms with Crippen molar-refractivity contribution in [2.24, 2.45) is 0 Å². The van der Waals surface area contributed by atoms with Gasteiger partial charge in [0.1, 0.15) is 11.5 Å². The van der Waals surface area contributed by atoms with Crippen LogP contribution < -0.4 is 10.1 Å². The zero-order valence-electron chi connectivity index (χ0n) is 12.0. The Balaban J connectivity index is 1.73. The van der Waals surface area contributed by atoms with Gasteiger partial charge < -0.3 is 9.47 Å². The number of piperidine rings is 1. The summed E-state index contributed by atoms with van der Waals surface area (Å²) in [5, 5.41) is 3.34. The third kappa shape index (κ3) is 2.78. The number of sulfonamides is 1. The van der Waals surface area contributed by atoms with E-state index in [4.69, 9.17) is 9.47 Å². The highest BCUT2D eigenvalue weighted by Gasteiger charge is 2.41. The number of hydrogen-bond donors (Lipinski definition) is 1. The van der Waals surface area contributed by atoms with Gasteiger partial charge >= 0.3 is 0 Å².